The Labute approximate surface area is 124 Å². The Morgan fingerprint density at radius 1 is 1.25 bits per heavy atom. The molecule has 5 nitrogen and oxygen atoms in total. The first kappa shape index (κ1) is 15.4. The molecule has 0 fully saturated rings. The normalized spacial score (nSPS) is 15.4. The van der Waals surface area contributed by atoms with Crippen LogP contribution in [-0.4, -0.2) is 39.8 Å². The highest BCUT2D eigenvalue weighted by Crippen LogP contribution is 2.38. The number of halogens is 1. The van der Waals surface area contributed by atoms with Crippen molar-refractivity contribution in [1.82, 2.24) is 5.32 Å². The molecule has 0 saturated heterocycles. The fourth-order valence-corrected chi connectivity index (χ4v) is 2.43. The van der Waals surface area contributed by atoms with Crippen LogP contribution in [0.5, 0.6) is 11.5 Å². The third kappa shape index (κ3) is 3.55. The average molecular weight is 302 g/mol. The lowest BCUT2D eigenvalue weighted by Gasteiger charge is -2.23. The maximum atomic E-state index is 6.20. The molecule has 0 saturated carbocycles. The zero-order valence-electron chi connectivity index (χ0n) is 11.9. The van der Waals surface area contributed by atoms with Gasteiger partial charge in [-0.25, -0.2) is 0 Å². The fraction of sp³-hybridized carbons (Fsp3) is 0.571. The first-order chi connectivity index (χ1) is 9.65. The minimum Gasteiger partial charge on any atom is -0.486 e. The van der Waals surface area contributed by atoms with Crippen LogP contribution in [0.3, 0.4) is 0 Å². The molecule has 1 atom stereocenters. The van der Waals surface area contributed by atoms with Crippen molar-refractivity contribution in [2.75, 3.05) is 27.4 Å². The highest BCUT2D eigenvalue weighted by Gasteiger charge is 2.18. The predicted molar refractivity (Wildman–Crippen MR) is 76.5 cm³/mol. The van der Waals surface area contributed by atoms with Crippen LogP contribution in [0.25, 0.3) is 0 Å². The van der Waals surface area contributed by atoms with Gasteiger partial charge in [-0.2, -0.15) is 0 Å². The summed E-state index contributed by atoms with van der Waals surface area (Å²) in [5, 5.41) is 3.90. The molecule has 112 valence electrons. The van der Waals surface area contributed by atoms with Gasteiger partial charge in [0.2, 0.25) is 0 Å². The van der Waals surface area contributed by atoms with E-state index >= 15 is 0 Å². The molecular weight excluding hydrogens is 282 g/mol. The molecule has 0 aromatic heterocycles. The highest BCUT2D eigenvalue weighted by atomic mass is 35.5. The fourth-order valence-electron chi connectivity index (χ4n) is 2.15. The Bertz CT molecular complexity index is 451. The molecule has 0 aliphatic carbocycles. The second-order valence-electron chi connectivity index (χ2n) is 4.61. The number of hydrogen-bond acceptors (Lipinski definition) is 5. The van der Waals surface area contributed by atoms with Gasteiger partial charge in [0.05, 0.1) is 11.1 Å². The van der Waals surface area contributed by atoms with E-state index in [0.717, 1.165) is 5.56 Å². The summed E-state index contributed by atoms with van der Waals surface area (Å²) in [6.07, 6.45) is -0.289. The van der Waals surface area contributed by atoms with E-state index in [1.807, 2.05) is 19.1 Å². The molecule has 1 N–H and O–H groups in total. The van der Waals surface area contributed by atoms with E-state index in [4.69, 9.17) is 30.5 Å². The van der Waals surface area contributed by atoms with E-state index in [9.17, 15) is 0 Å². The predicted octanol–water partition coefficient (Wildman–Crippen LogP) is 2.21. The average Bonchev–Trinajstić information content (AvgIpc) is 2.46. The maximum absolute atomic E-state index is 6.20. The number of fused-ring (bicyclic) bond motifs is 1. The van der Waals surface area contributed by atoms with Crippen molar-refractivity contribution in [3.63, 3.8) is 0 Å². The van der Waals surface area contributed by atoms with Gasteiger partial charge in [-0.15, -0.1) is 0 Å². The van der Waals surface area contributed by atoms with Crippen LogP contribution >= 0.6 is 11.6 Å². The van der Waals surface area contributed by atoms with E-state index < -0.39 is 0 Å². The number of rotatable bonds is 6. The second-order valence-corrected chi connectivity index (χ2v) is 5.02. The van der Waals surface area contributed by atoms with Crippen LogP contribution < -0.4 is 14.8 Å². The lowest BCUT2D eigenvalue weighted by atomic mass is 10.1. The number of methoxy groups -OCH3 is 2. The van der Waals surface area contributed by atoms with Gasteiger partial charge in [0.1, 0.15) is 13.2 Å². The van der Waals surface area contributed by atoms with Crippen molar-refractivity contribution in [2.45, 2.75) is 25.8 Å². The zero-order chi connectivity index (χ0) is 14.5. The summed E-state index contributed by atoms with van der Waals surface area (Å²) in [5.74, 6) is 1.32. The summed E-state index contributed by atoms with van der Waals surface area (Å²) in [4.78, 5) is 0. The van der Waals surface area contributed by atoms with Crippen LogP contribution in [0, 0.1) is 0 Å². The van der Waals surface area contributed by atoms with Crippen molar-refractivity contribution >= 4 is 11.6 Å². The second kappa shape index (κ2) is 7.13. The molecule has 1 heterocycles. The Hall–Kier alpha value is -1.01. The maximum Gasteiger partial charge on any atom is 0.179 e. The number of ether oxygens (including phenoxy) is 4. The standard InChI is InChI=1S/C14H20ClNO4/c1-9(14(17-2)18-3)16-8-10-6-11(15)13-12(7-10)19-4-5-20-13/h6-7,9,14,16H,4-5,8H2,1-3H3. The van der Waals surface area contributed by atoms with Gasteiger partial charge in [-0.05, 0) is 24.6 Å². The van der Waals surface area contributed by atoms with Crippen LogP contribution in [-0.2, 0) is 16.0 Å². The van der Waals surface area contributed by atoms with E-state index in [1.165, 1.54) is 0 Å². The zero-order valence-corrected chi connectivity index (χ0v) is 12.7. The quantitative estimate of drug-likeness (QED) is 0.816. The molecule has 1 aromatic rings. The minimum absolute atomic E-state index is 0.0528. The molecule has 2 rings (SSSR count). The topological polar surface area (TPSA) is 49.0 Å². The molecule has 1 aliphatic rings. The third-order valence-electron chi connectivity index (χ3n) is 3.16. The lowest BCUT2D eigenvalue weighted by Crippen LogP contribution is -2.39. The monoisotopic (exact) mass is 301 g/mol. The largest absolute Gasteiger partial charge is 0.486 e. The van der Waals surface area contributed by atoms with E-state index in [0.29, 0.717) is 36.3 Å². The molecular formula is C14H20ClNO4. The van der Waals surface area contributed by atoms with Crippen LogP contribution in [0.15, 0.2) is 12.1 Å². The van der Waals surface area contributed by atoms with Crippen molar-refractivity contribution < 1.29 is 18.9 Å². The molecule has 1 aliphatic heterocycles. The number of hydrogen-bond donors (Lipinski definition) is 1. The van der Waals surface area contributed by atoms with Gasteiger partial charge in [0.25, 0.3) is 0 Å². The summed E-state index contributed by atoms with van der Waals surface area (Å²) in [6, 6.07) is 3.87. The van der Waals surface area contributed by atoms with Gasteiger partial charge >= 0.3 is 0 Å². The summed E-state index contributed by atoms with van der Waals surface area (Å²) >= 11 is 6.20. The van der Waals surface area contributed by atoms with Crippen LogP contribution in [0.2, 0.25) is 5.02 Å². The van der Waals surface area contributed by atoms with E-state index in [2.05, 4.69) is 5.32 Å². The van der Waals surface area contributed by atoms with Gasteiger partial charge in [-0.1, -0.05) is 11.6 Å². The summed E-state index contributed by atoms with van der Waals surface area (Å²) in [6.45, 7) is 3.72. The molecule has 0 radical (unpaired) electrons. The smallest absolute Gasteiger partial charge is 0.179 e. The SMILES string of the molecule is COC(OC)C(C)NCc1cc(Cl)c2c(c1)OCCO2. The third-order valence-corrected chi connectivity index (χ3v) is 3.44. The van der Waals surface area contributed by atoms with Crippen molar-refractivity contribution in [2.24, 2.45) is 0 Å². The number of nitrogens with one attached hydrogen (secondary N) is 1. The van der Waals surface area contributed by atoms with E-state index in [1.54, 1.807) is 14.2 Å². The summed E-state index contributed by atoms with van der Waals surface area (Å²) in [7, 11) is 3.24. The Morgan fingerprint density at radius 3 is 2.65 bits per heavy atom. The van der Waals surface area contributed by atoms with Gasteiger partial charge in [0.15, 0.2) is 17.8 Å². The Kier molecular flexibility index (Phi) is 5.48. The first-order valence-corrected chi connectivity index (χ1v) is 6.90. The number of benzene rings is 1. The van der Waals surface area contributed by atoms with Gasteiger partial charge in [0, 0.05) is 20.8 Å². The van der Waals surface area contributed by atoms with Gasteiger partial charge in [-0.3, -0.25) is 0 Å². The summed E-state index contributed by atoms with van der Waals surface area (Å²) in [5.41, 5.74) is 1.03. The first-order valence-electron chi connectivity index (χ1n) is 6.52. The van der Waals surface area contributed by atoms with E-state index in [-0.39, 0.29) is 12.3 Å². The minimum atomic E-state index is -0.289. The molecule has 0 bridgehead atoms. The molecule has 20 heavy (non-hydrogen) atoms. The van der Waals surface area contributed by atoms with Crippen molar-refractivity contribution in [3.05, 3.63) is 22.7 Å². The molecule has 0 amide bonds. The molecule has 1 aromatic carbocycles. The van der Waals surface area contributed by atoms with Gasteiger partial charge < -0.3 is 24.3 Å². The molecule has 0 spiro atoms. The van der Waals surface area contributed by atoms with Crippen LogP contribution in [0.4, 0.5) is 0 Å². The molecule has 6 heteroatoms. The highest BCUT2D eigenvalue weighted by molar-refractivity contribution is 6.32. The van der Waals surface area contributed by atoms with Crippen molar-refractivity contribution in [1.29, 1.82) is 0 Å². The van der Waals surface area contributed by atoms with Crippen LogP contribution in [0.1, 0.15) is 12.5 Å². The van der Waals surface area contributed by atoms with Crippen molar-refractivity contribution in [3.8, 4) is 11.5 Å². The molecule has 1 unspecified atom stereocenters. The summed E-state index contributed by atoms with van der Waals surface area (Å²) < 4.78 is 21.5. The Morgan fingerprint density at radius 2 is 1.95 bits per heavy atom. The lowest BCUT2D eigenvalue weighted by molar-refractivity contribution is -0.119. The Balaban J connectivity index is 2.01.